The van der Waals surface area contributed by atoms with Crippen LogP contribution in [0.15, 0.2) is 60.8 Å². The molecule has 4 rings (SSSR count). The molecule has 33 heavy (non-hydrogen) atoms. The second kappa shape index (κ2) is 10.5. The summed E-state index contributed by atoms with van der Waals surface area (Å²) >= 11 is 0. The predicted octanol–water partition coefficient (Wildman–Crippen LogP) is 4.29. The minimum Gasteiger partial charge on any atom is -0.351 e. The van der Waals surface area contributed by atoms with E-state index < -0.39 is 0 Å². The van der Waals surface area contributed by atoms with Crippen molar-refractivity contribution in [2.24, 2.45) is 5.92 Å². The van der Waals surface area contributed by atoms with Gasteiger partial charge in [-0.2, -0.15) is 5.10 Å². The summed E-state index contributed by atoms with van der Waals surface area (Å²) in [6.45, 7) is 6.75. The average Bonchev–Trinajstić information content (AvgIpc) is 3.24. The number of likely N-dealkylation sites (tertiary alicyclic amines) is 1. The first-order valence-electron chi connectivity index (χ1n) is 11.7. The lowest BCUT2D eigenvalue weighted by Gasteiger charge is -2.31. The SMILES string of the molecule is Cc1ccc(-c2nn(Cc3ccccc3)cc2C(=O)NCCC(=O)N2CCCC(C)C2)cc1. The third-order valence-corrected chi connectivity index (χ3v) is 6.15. The van der Waals surface area contributed by atoms with Crippen LogP contribution in [-0.4, -0.2) is 46.1 Å². The number of aryl methyl sites for hydroxylation is 1. The summed E-state index contributed by atoms with van der Waals surface area (Å²) in [6.07, 6.45) is 4.34. The van der Waals surface area contributed by atoms with Crippen molar-refractivity contribution in [2.75, 3.05) is 19.6 Å². The summed E-state index contributed by atoms with van der Waals surface area (Å²) in [7, 11) is 0. The summed E-state index contributed by atoms with van der Waals surface area (Å²) in [6, 6.07) is 18.1. The second-order valence-corrected chi connectivity index (χ2v) is 9.03. The first-order chi connectivity index (χ1) is 16.0. The van der Waals surface area contributed by atoms with Crippen LogP contribution in [0.25, 0.3) is 11.3 Å². The van der Waals surface area contributed by atoms with Gasteiger partial charge in [-0.25, -0.2) is 0 Å². The van der Waals surface area contributed by atoms with Crippen LogP contribution in [0.1, 0.15) is 47.7 Å². The van der Waals surface area contributed by atoms with E-state index in [9.17, 15) is 9.59 Å². The van der Waals surface area contributed by atoms with E-state index in [1.165, 1.54) is 6.42 Å². The quantitative estimate of drug-likeness (QED) is 0.591. The number of hydrogen-bond donors (Lipinski definition) is 1. The molecule has 1 unspecified atom stereocenters. The number of benzene rings is 2. The number of piperidine rings is 1. The highest BCUT2D eigenvalue weighted by Crippen LogP contribution is 2.23. The Morgan fingerprint density at radius 2 is 1.85 bits per heavy atom. The van der Waals surface area contributed by atoms with Crippen molar-refractivity contribution >= 4 is 11.8 Å². The zero-order chi connectivity index (χ0) is 23.2. The summed E-state index contributed by atoms with van der Waals surface area (Å²) in [5, 5.41) is 7.67. The third-order valence-electron chi connectivity index (χ3n) is 6.15. The largest absolute Gasteiger partial charge is 0.351 e. The molecular formula is C27H32N4O2. The molecule has 0 bridgehead atoms. The minimum absolute atomic E-state index is 0.111. The van der Waals surface area contributed by atoms with Gasteiger partial charge in [0.15, 0.2) is 0 Å². The number of rotatable bonds is 7. The molecule has 0 radical (unpaired) electrons. The highest BCUT2D eigenvalue weighted by Gasteiger charge is 2.22. The second-order valence-electron chi connectivity index (χ2n) is 9.03. The molecule has 0 spiro atoms. The molecule has 2 amide bonds. The van der Waals surface area contributed by atoms with Crippen LogP contribution >= 0.6 is 0 Å². The van der Waals surface area contributed by atoms with E-state index in [-0.39, 0.29) is 11.8 Å². The molecule has 1 aliphatic rings. The molecule has 6 nitrogen and oxygen atoms in total. The zero-order valence-electron chi connectivity index (χ0n) is 19.5. The topological polar surface area (TPSA) is 67.2 Å². The summed E-state index contributed by atoms with van der Waals surface area (Å²) in [4.78, 5) is 27.6. The van der Waals surface area contributed by atoms with Crippen molar-refractivity contribution < 1.29 is 9.59 Å². The van der Waals surface area contributed by atoms with Crippen LogP contribution in [-0.2, 0) is 11.3 Å². The van der Waals surface area contributed by atoms with Gasteiger partial charge < -0.3 is 10.2 Å². The fraction of sp³-hybridized carbons (Fsp3) is 0.370. The van der Waals surface area contributed by atoms with Gasteiger partial charge >= 0.3 is 0 Å². The summed E-state index contributed by atoms with van der Waals surface area (Å²) < 4.78 is 1.81. The monoisotopic (exact) mass is 444 g/mol. The molecule has 0 saturated carbocycles. The van der Waals surface area contributed by atoms with Gasteiger partial charge in [-0.3, -0.25) is 14.3 Å². The number of hydrogen-bond acceptors (Lipinski definition) is 3. The number of carbonyl (C=O) groups is 2. The molecule has 1 aromatic heterocycles. The van der Waals surface area contributed by atoms with Crippen molar-refractivity contribution in [1.82, 2.24) is 20.0 Å². The highest BCUT2D eigenvalue weighted by molar-refractivity contribution is 6.00. The van der Waals surface area contributed by atoms with Gasteiger partial charge in [0.1, 0.15) is 5.69 Å². The number of carbonyl (C=O) groups excluding carboxylic acids is 2. The van der Waals surface area contributed by atoms with Gasteiger partial charge in [0.25, 0.3) is 5.91 Å². The van der Waals surface area contributed by atoms with Crippen molar-refractivity contribution in [3.8, 4) is 11.3 Å². The Labute approximate surface area is 195 Å². The van der Waals surface area contributed by atoms with Crippen LogP contribution in [0.4, 0.5) is 0 Å². The van der Waals surface area contributed by atoms with Crippen LogP contribution in [0.3, 0.4) is 0 Å². The van der Waals surface area contributed by atoms with Crippen LogP contribution in [0.2, 0.25) is 0 Å². The Hall–Kier alpha value is -3.41. The lowest BCUT2D eigenvalue weighted by atomic mass is 10.00. The molecular weight excluding hydrogens is 412 g/mol. The third kappa shape index (κ3) is 5.89. The van der Waals surface area contributed by atoms with Gasteiger partial charge in [-0.1, -0.05) is 67.1 Å². The van der Waals surface area contributed by atoms with Gasteiger partial charge in [0.2, 0.25) is 5.91 Å². The Morgan fingerprint density at radius 3 is 2.58 bits per heavy atom. The van der Waals surface area contributed by atoms with Gasteiger partial charge in [-0.15, -0.1) is 0 Å². The molecule has 0 aliphatic carbocycles. The van der Waals surface area contributed by atoms with E-state index in [1.807, 2.05) is 66.4 Å². The average molecular weight is 445 g/mol. The van der Waals surface area contributed by atoms with E-state index in [0.717, 1.165) is 36.2 Å². The van der Waals surface area contributed by atoms with E-state index in [1.54, 1.807) is 10.9 Å². The van der Waals surface area contributed by atoms with Gasteiger partial charge in [0.05, 0.1) is 12.1 Å². The van der Waals surface area contributed by atoms with Crippen LogP contribution in [0.5, 0.6) is 0 Å². The Bertz CT molecular complexity index is 1090. The smallest absolute Gasteiger partial charge is 0.255 e. The molecule has 3 aromatic rings. The maximum absolute atomic E-state index is 13.1. The van der Waals surface area contributed by atoms with Gasteiger partial charge in [0, 0.05) is 37.8 Å². The fourth-order valence-electron chi connectivity index (χ4n) is 4.32. The van der Waals surface area contributed by atoms with E-state index >= 15 is 0 Å². The fourth-order valence-corrected chi connectivity index (χ4v) is 4.32. The first kappa shape index (κ1) is 22.8. The standard InChI is InChI=1S/C27H32N4O2/c1-20-10-12-23(13-11-20)26-24(19-31(29-26)18-22-8-4-3-5-9-22)27(33)28-15-14-25(32)30-16-6-7-21(2)17-30/h3-5,8-13,19,21H,6-7,14-18H2,1-2H3,(H,28,33). The van der Waals surface area contributed by atoms with E-state index in [0.29, 0.717) is 36.7 Å². The van der Waals surface area contributed by atoms with Crippen LogP contribution in [0, 0.1) is 12.8 Å². The number of nitrogens with zero attached hydrogens (tertiary/aromatic N) is 3. The van der Waals surface area contributed by atoms with Crippen molar-refractivity contribution in [3.05, 3.63) is 77.5 Å². The Kier molecular flexibility index (Phi) is 7.23. The summed E-state index contributed by atoms with van der Waals surface area (Å²) in [5.74, 6) is 0.454. The maximum atomic E-state index is 13.1. The maximum Gasteiger partial charge on any atom is 0.255 e. The number of nitrogens with one attached hydrogen (secondary N) is 1. The Morgan fingerprint density at radius 1 is 1.09 bits per heavy atom. The normalized spacial score (nSPS) is 15.9. The van der Waals surface area contributed by atoms with E-state index in [4.69, 9.17) is 5.10 Å². The van der Waals surface area contributed by atoms with Crippen molar-refractivity contribution in [2.45, 2.75) is 39.7 Å². The molecule has 1 N–H and O–H groups in total. The molecule has 2 aromatic carbocycles. The first-order valence-corrected chi connectivity index (χ1v) is 11.7. The highest BCUT2D eigenvalue weighted by atomic mass is 16.2. The van der Waals surface area contributed by atoms with Crippen LogP contribution < -0.4 is 5.32 Å². The predicted molar refractivity (Wildman–Crippen MR) is 130 cm³/mol. The lowest BCUT2D eigenvalue weighted by molar-refractivity contribution is -0.132. The molecule has 1 aliphatic heterocycles. The molecule has 1 fully saturated rings. The minimum atomic E-state index is -0.204. The molecule has 1 saturated heterocycles. The van der Waals surface area contributed by atoms with Crippen molar-refractivity contribution in [1.29, 1.82) is 0 Å². The molecule has 1 atom stereocenters. The Balaban J connectivity index is 1.46. The number of aromatic nitrogens is 2. The number of amides is 2. The molecule has 2 heterocycles. The lowest BCUT2D eigenvalue weighted by Crippen LogP contribution is -2.40. The summed E-state index contributed by atoms with van der Waals surface area (Å²) in [5.41, 5.74) is 4.34. The van der Waals surface area contributed by atoms with E-state index in [2.05, 4.69) is 12.2 Å². The zero-order valence-corrected chi connectivity index (χ0v) is 19.5. The van der Waals surface area contributed by atoms with Gasteiger partial charge in [-0.05, 0) is 31.2 Å². The molecule has 172 valence electrons. The molecule has 6 heteroatoms. The van der Waals surface area contributed by atoms with Crippen molar-refractivity contribution in [3.63, 3.8) is 0 Å².